The van der Waals surface area contributed by atoms with Gasteiger partial charge in [-0.25, -0.2) is 0 Å². The molecular weight excluding hydrogens is 292 g/mol. The van der Waals surface area contributed by atoms with E-state index in [4.69, 9.17) is 14.6 Å². The average Bonchev–Trinajstić information content (AvgIpc) is 2.54. The summed E-state index contributed by atoms with van der Waals surface area (Å²) in [7, 11) is 0. The van der Waals surface area contributed by atoms with E-state index in [1.165, 1.54) is 6.08 Å². The lowest BCUT2D eigenvalue weighted by Gasteiger charge is -2.39. The lowest BCUT2D eigenvalue weighted by atomic mass is 9.99. The van der Waals surface area contributed by atoms with Gasteiger partial charge in [-0.3, -0.25) is 4.79 Å². The molecule has 2 rings (SSSR count). The number of aliphatic hydroxyl groups excluding tert-OH is 4. The summed E-state index contributed by atoms with van der Waals surface area (Å²) in [6, 6.07) is 6.59. The van der Waals surface area contributed by atoms with Gasteiger partial charge in [0.1, 0.15) is 36.5 Å². The number of hydrogen-bond acceptors (Lipinski definition) is 7. The monoisotopic (exact) mass is 310 g/mol. The van der Waals surface area contributed by atoms with Crippen molar-refractivity contribution in [2.45, 2.75) is 30.7 Å². The van der Waals surface area contributed by atoms with E-state index in [1.807, 2.05) is 0 Å². The molecule has 5 atom stereocenters. The number of carbonyl (C=O) groups is 1. The maximum atomic E-state index is 10.2. The molecule has 0 aliphatic carbocycles. The highest BCUT2D eigenvalue weighted by Crippen LogP contribution is 2.24. The molecule has 1 aliphatic rings. The molecule has 1 aromatic rings. The fourth-order valence-corrected chi connectivity index (χ4v) is 2.11. The van der Waals surface area contributed by atoms with Crippen LogP contribution in [0.1, 0.15) is 5.56 Å². The van der Waals surface area contributed by atoms with Crippen LogP contribution >= 0.6 is 0 Å². The zero-order chi connectivity index (χ0) is 16.1. The molecule has 7 heteroatoms. The van der Waals surface area contributed by atoms with Crippen LogP contribution < -0.4 is 4.74 Å². The van der Waals surface area contributed by atoms with Gasteiger partial charge in [-0.1, -0.05) is 18.2 Å². The molecule has 120 valence electrons. The Kier molecular flexibility index (Phi) is 5.64. The Morgan fingerprint density at radius 2 is 1.77 bits per heavy atom. The third kappa shape index (κ3) is 3.70. The molecule has 0 aromatic heterocycles. The van der Waals surface area contributed by atoms with E-state index < -0.39 is 37.3 Å². The van der Waals surface area contributed by atoms with Gasteiger partial charge in [-0.05, 0) is 23.8 Å². The highest BCUT2D eigenvalue weighted by atomic mass is 16.7. The Labute approximate surface area is 127 Å². The van der Waals surface area contributed by atoms with E-state index in [-0.39, 0.29) is 0 Å². The maximum absolute atomic E-state index is 10.2. The van der Waals surface area contributed by atoms with Crippen LogP contribution in [0.5, 0.6) is 5.75 Å². The highest BCUT2D eigenvalue weighted by molar-refractivity contribution is 5.73. The lowest BCUT2D eigenvalue weighted by Crippen LogP contribution is -2.60. The number of carbonyl (C=O) groups excluding carboxylic acids is 1. The van der Waals surface area contributed by atoms with Gasteiger partial charge in [0.2, 0.25) is 6.29 Å². The van der Waals surface area contributed by atoms with Crippen molar-refractivity contribution < 1.29 is 34.7 Å². The third-order valence-corrected chi connectivity index (χ3v) is 3.35. The van der Waals surface area contributed by atoms with Crippen LogP contribution in [0.25, 0.3) is 6.08 Å². The fourth-order valence-electron chi connectivity index (χ4n) is 2.11. The molecule has 22 heavy (non-hydrogen) atoms. The van der Waals surface area contributed by atoms with Crippen molar-refractivity contribution in [1.82, 2.24) is 0 Å². The Balaban J connectivity index is 2.05. The molecule has 0 spiro atoms. The lowest BCUT2D eigenvalue weighted by molar-refractivity contribution is -0.277. The summed E-state index contributed by atoms with van der Waals surface area (Å²) >= 11 is 0. The number of aldehydes is 1. The van der Waals surface area contributed by atoms with Gasteiger partial charge in [0.25, 0.3) is 0 Å². The maximum Gasteiger partial charge on any atom is 0.229 e. The molecular formula is C15H18O7. The minimum Gasteiger partial charge on any atom is -0.462 e. The molecule has 7 nitrogen and oxygen atoms in total. The third-order valence-electron chi connectivity index (χ3n) is 3.35. The van der Waals surface area contributed by atoms with Crippen LogP contribution in [-0.4, -0.2) is 64.0 Å². The minimum absolute atomic E-state index is 0.368. The molecule has 1 aliphatic heterocycles. The van der Waals surface area contributed by atoms with Crippen molar-refractivity contribution in [3.63, 3.8) is 0 Å². The summed E-state index contributed by atoms with van der Waals surface area (Å²) < 4.78 is 10.7. The number of aliphatic hydroxyl groups is 4. The van der Waals surface area contributed by atoms with Gasteiger partial charge >= 0.3 is 0 Å². The topological polar surface area (TPSA) is 116 Å². The van der Waals surface area contributed by atoms with Gasteiger partial charge in [-0.2, -0.15) is 0 Å². The van der Waals surface area contributed by atoms with Crippen molar-refractivity contribution in [1.29, 1.82) is 0 Å². The first-order valence-corrected chi connectivity index (χ1v) is 6.76. The van der Waals surface area contributed by atoms with E-state index in [0.29, 0.717) is 12.0 Å². The molecule has 0 bridgehead atoms. The molecule has 1 aromatic carbocycles. The molecule has 0 amide bonds. The van der Waals surface area contributed by atoms with Crippen molar-refractivity contribution in [2.24, 2.45) is 0 Å². The highest BCUT2D eigenvalue weighted by Gasteiger charge is 2.44. The first-order chi connectivity index (χ1) is 10.6. The molecule has 1 fully saturated rings. The van der Waals surface area contributed by atoms with Gasteiger partial charge in [0, 0.05) is 0 Å². The van der Waals surface area contributed by atoms with Gasteiger partial charge < -0.3 is 29.9 Å². The predicted octanol–water partition coefficient (Wildman–Crippen LogP) is -0.923. The quantitative estimate of drug-likeness (QED) is 0.410. The van der Waals surface area contributed by atoms with Crippen LogP contribution in [-0.2, 0) is 9.53 Å². The van der Waals surface area contributed by atoms with Crippen molar-refractivity contribution in [2.75, 3.05) is 6.61 Å². The summed E-state index contributed by atoms with van der Waals surface area (Å²) in [4.78, 5) is 10.2. The zero-order valence-corrected chi connectivity index (χ0v) is 11.6. The Morgan fingerprint density at radius 1 is 1.09 bits per heavy atom. The first-order valence-electron chi connectivity index (χ1n) is 6.76. The standard InChI is InChI=1S/C15H18O7/c16-7-1-2-9-3-5-10(6-4-9)21-15-14(20)13(19)12(18)11(8-17)22-15/h1-7,11-15,17-20H,8H2/t11-,12-,13+,14-,15-/m0/s1. The second-order valence-corrected chi connectivity index (χ2v) is 4.88. The molecule has 4 N–H and O–H groups in total. The number of hydrogen-bond donors (Lipinski definition) is 4. The van der Waals surface area contributed by atoms with Gasteiger partial charge in [0.05, 0.1) is 6.61 Å². The largest absolute Gasteiger partial charge is 0.462 e. The molecule has 1 saturated heterocycles. The van der Waals surface area contributed by atoms with Crippen molar-refractivity contribution in [3.8, 4) is 5.75 Å². The van der Waals surface area contributed by atoms with Crippen molar-refractivity contribution >= 4 is 12.4 Å². The van der Waals surface area contributed by atoms with E-state index in [9.17, 15) is 20.1 Å². The minimum atomic E-state index is -1.48. The summed E-state index contributed by atoms with van der Waals surface area (Å²) in [5.74, 6) is 0.368. The zero-order valence-electron chi connectivity index (χ0n) is 11.6. The summed E-state index contributed by atoms with van der Waals surface area (Å²) in [5.41, 5.74) is 0.785. The molecule has 0 unspecified atom stereocenters. The summed E-state index contributed by atoms with van der Waals surface area (Å²) in [5, 5.41) is 38.3. The predicted molar refractivity (Wildman–Crippen MR) is 75.9 cm³/mol. The number of allylic oxidation sites excluding steroid dienone is 1. The fraction of sp³-hybridized carbons (Fsp3) is 0.400. The van der Waals surface area contributed by atoms with E-state index in [2.05, 4.69) is 0 Å². The first kappa shape index (κ1) is 16.6. The van der Waals surface area contributed by atoms with Gasteiger partial charge in [0.15, 0.2) is 0 Å². The molecule has 0 radical (unpaired) electrons. The van der Waals surface area contributed by atoms with Crippen LogP contribution in [0.3, 0.4) is 0 Å². The summed E-state index contributed by atoms with van der Waals surface area (Å²) in [6.45, 7) is -0.514. The number of rotatable bonds is 5. The average molecular weight is 310 g/mol. The Hall–Kier alpha value is -1.77. The summed E-state index contributed by atoms with van der Waals surface area (Å²) in [6.07, 6.45) is -2.95. The van der Waals surface area contributed by atoms with Crippen LogP contribution in [0, 0.1) is 0 Å². The second-order valence-electron chi connectivity index (χ2n) is 4.88. The van der Waals surface area contributed by atoms with Crippen LogP contribution in [0.2, 0.25) is 0 Å². The number of benzene rings is 1. The van der Waals surface area contributed by atoms with E-state index >= 15 is 0 Å². The smallest absolute Gasteiger partial charge is 0.229 e. The van der Waals surface area contributed by atoms with Crippen molar-refractivity contribution in [3.05, 3.63) is 35.9 Å². The van der Waals surface area contributed by atoms with Gasteiger partial charge in [-0.15, -0.1) is 0 Å². The van der Waals surface area contributed by atoms with E-state index in [0.717, 1.165) is 5.56 Å². The number of ether oxygens (including phenoxy) is 2. The Bertz CT molecular complexity index is 511. The SMILES string of the molecule is O=CC=Cc1ccc(O[C@H]2O[C@@H](CO)[C@H](O)[C@@H](O)[C@@H]2O)cc1. The Morgan fingerprint density at radius 3 is 2.36 bits per heavy atom. The van der Waals surface area contributed by atoms with E-state index in [1.54, 1.807) is 30.3 Å². The normalized spacial score (nSPS) is 32.1. The van der Waals surface area contributed by atoms with Crippen LogP contribution in [0.4, 0.5) is 0 Å². The van der Waals surface area contributed by atoms with Crippen LogP contribution in [0.15, 0.2) is 30.3 Å². The molecule has 1 heterocycles. The second kappa shape index (κ2) is 7.48. The molecule has 0 saturated carbocycles.